The fourth-order valence-electron chi connectivity index (χ4n) is 1.79. The Morgan fingerprint density at radius 2 is 2.17 bits per heavy atom. The first kappa shape index (κ1) is 15.5. The lowest BCUT2D eigenvalue weighted by molar-refractivity contribution is 0.113. The van der Waals surface area contributed by atoms with E-state index in [2.05, 4.69) is 34.2 Å². The van der Waals surface area contributed by atoms with Crippen LogP contribution in [0.2, 0.25) is 0 Å². The highest BCUT2D eigenvalue weighted by molar-refractivity contribution is 9.10. The van der Waals surface area contributed by atoms with Gasteiger partial charge in [0.1, 0.15) is 5.75 Å². The van der Waals surface area contributed by atoms with Crippen molar-refractivity contribution in [3.63, 3.8) is 0 Å². The molecule has 0 fully saturated rings. The third kappa shape index (κ3) is 4.96. The van der Waals surface area contributed by atoms with E-state index in [1.54, 1.807) is 7.11 Å². The molecule has 0 bridgehead atoms. The molecule has 0 aliphatic carbocycles. The van der Waals surface area contributed by atoms with Gasteiger partial charge in [0.05, 0.1) is 13.7 Å². The fourth-order valence-corrected chi connectivity index (χ4v) is 2.19. The third-order valence-electron chi connectivity index (χ3n) is 2.78. The summed E-state index contributed by atoms with van der Waals surface area (Å²) in [5, 5.41) is 3.28. The second kappa shape index (κ2) is 8.51. The van der Waals surface area contributed by atoms with E-state index in [-0.39, 0.29) is 0 Å². The molecule has 1 aromatic rings. The van der Waals surface area contributed by atoms with Gasteiger partial charge in [-0.1, -0.05) is 22.9 Å². The van der Waals surface area contributed by atoms with Gasteiger partial charge < -0.3 is 14.8 Å². The van der Waals surface area contributed by atoms with Crippen LogP contribution in [-0.2, 0) is 11.2 Å². The fraction of sp³-hybridized carbons (Fsp3) is 0.571. The van der Waals surface area contributed by atoms with E-state index in [4.69, 9.17) is 9.47 Å². The first-order valence-corrected chi connectivity index (χ1v) is 7.08. The minimum Gasteiger partial charge on any atom is -0.496 e. The molecule has 0 heterocycles. The van der Waals surface area contributed by atoms with Crippen molar-refractivity contribution in [3.8, 4) is 5.75 Å². The van der Waals surface area contributed by atoms with Gasteiger partial charge in [0, 0.05) is 17.1 Å². The molecular weight excluding hydrogens is 294 g/mol. The van der Waals surface area contributed by atoms with Crippen LogP contribution in [0.1, 0.15) is 18.9 Å². The topological polar surface area (TPSA) is 30.5 Å². The lowest BCUT2D eigenvalue weighted by Gasteiger charge is -2.18. The van der Waals surface area contributed by atoms with E-state index in [0.717, 1.165) is 36.3 Å². The van der Waals surface area contributed by atoms with Gasteiger partial charge in [0.15, 0.2) is 0 Å². The predicted molar refractivity (Wildman–Crippen MR) is 78.4 cm³/mol. The lowest BCUT2D eigenvalue weighted by Crippen LogP contribution is -2.32. The molecule has 0 aliphatic heterocycles. The van der Waals surface area contributed by atoms with Crippen molar-refractivity contribution >= 4 is 15.9 Å². The minimum atomic E-state index is 0.305. The van der Waals surface area contributed by atoms with Crippen LogP contribution in [0.3, 0.4) is 0 Å². The zero-order valence-corrected chi connectivity index (χ0v) is 12.9. The number of benzene rings is 1. The average Bonchev–Trinajstić information content (AvgIpc) is 2.38. The molecule has 3 nitrogen and oxygen atoms in total. The monoisotopic (exact) mass is 315 g/mol. The summed E-state index contributed by atoms with van der Waals surface area (Å²) in [7, 11) is 3.67. The van der Waals surface area contributed by atoms with Crippen LogP contribution in [0.5, 0.6) is 5.75 Å². The van der Waals surface area contributed by atoms with Gasteiger partial charge in [-0.3, -0.25) is 0 Å². The van der Waals surface area contributed by atoms with Crippen molar-refractivity contribution in [2.75, 3.05) is 27.4 Å². The van der Waals surface area contributed by atoms with Crippen molar-refractivity contribution in [2.45, 2.75) is 25.8 Å². The number of rotatable bonds is 8. The Morgan fingerprint density at radius 3 is 2.78 bits per heavy atom. The van der Waals surface area contributed by atoms with Crippen LogP contribution >= 0.6 is 15.9 Å². The van der Waals surface area contributed by atoms with Crippen LogP contribution < -0.4 is 10.1 Å². The Morgan fingerprint density at radius 1 is 1.39 bits per heavy atom. The van der Waals surface area contributed by atoms with Gasteiger partial charge in [-0.25, -0.2) is 0 Å². The van der Waals surface area contributed by atoms with Crippen LogP contribution in [-0.4, -0.2) is 33.4 Å². The summed E-state index contributed by atoms with van der Waals surface area (Å²) < 4.78 is 12.1. The second-order valence-electron chi connectivity index (χ2n) is 4.22. The van der Waals surface area contributed by atoms with Gasteiger partial charge in [0.2, 0.25) is 0 Å². The number of methoxy groups -OCH3 is 1. The molecule has 1 unspecified atom stereocenters. The Bertz CT molecular complexity index is 358. The normalized spacial score (nSPS) is 12.4. The van der Waals surface area contributed by atoms with Gasteiger partial charge in [-0.15, -0.1) is 0 Å². The highest BCUT2D eigenvalue weighted by Crippen LogP contribution is 2.24. The van der Waals surface area contributed by atoms with Crippen LogP contribution in [0.4, 0.5) is 0 Å². The third-order valence-corrected chi connectivity index (χ3v) is 3.28. The standard InChI is InChI=1S/C14H22BrNO2/c1-4-7-18-10-13(16-2)9-11-8-12(15)5-6-14(11)17-3/h5-6,8,13,16H,4,7,9-10H2,1-3H3. The summed E-state index contributed by atoms with van der Waals surface area (Å²) in [6, 6.07) is 6.38. The van der Waals surface area contributed by atoms with E-state index >= 15 is 0 Å². The molecule has 0 aromatic heterocycles. The van der Waals surface area contributed by atoms with Crippen molar-refractivity contribution in [3.05, 3.63) is 28.2 Å². The number of hydrogen-bond acceptors (Lipinski definition) is 3. The SMILES string of the molecule is CCCOCC(Cc1cc(Br)ccc1OC)NC. The van der Waals surface area contributed by atoms with E-state index in [0.29, 0.717) is 6.04 Å². The molecule has 0 saturated carbocycles. The molecular formula is C14H22BrNO2. The van der Waals surface area contributed by atoms with Crippen molar-refractivity contribution < 1.29 is 9.47 Å². The van der Waals surface area contributed by atoms with Crippen LogP contribution in [0.25, 0.3) is 0 Å². The van der Waals surface area contributed by atoms with E-state index < -0.39 is 0 Å². The number of hydrogen-bond donors (Lipinski definition) is 1. The van der Waals surface area contributed by atoms with Crippen molar-refractivity contribution in [2.24, 2.45) is 0 Å². The number of nitrogens with one attached hydrogen (secondary N) is 1. The molecule has 0 radical (unpaired) electrons. The summed E-state index contributed by atoms with van der Waals surface area (Å²) >= 11 is 3.49. The Hall–Kier alpha value is -0.580. The van der Waals surface area contributed by atoms with Gasteiger partial charge in [-0.2, -0.15) is 0 Å². The number of halogens is 1. The van der Waals surface area contributed by atoms with Gasteiger partial charge >= 0.3 is 0 Å². The average molecular weight is 316 g/mol. The summed E-state index contributed by atoms with van der Waals surface area (Å²) in [5.74, 6) is 0.925. The summed E-state index contributed by atoms with van der Waals surface area (Å²) in [6.07, 6.45) is 1.94. The van der Waals surface area contributed by atoms with Crippen LogP contribution in [0, 0.1) is 0 Å². The van der Waals surface area contributed by atoms with Gasteiger partial charge in [-0.05, 0) is 43.7 Å². The molecule has 1 rings (SSSR count). The van der Waals surface area contributed by atoms with E-state index in [1.165, 1.54) is 5.56 Å². The molecule has 1 N–H and O–H groups in total. The highest BCUT2D eigenvalue weighted by Gasteiger charge is 2.11. The Kier molecular flexibility index (Phi) is 7.32. The zero-order valence-electron chi connectivity index (χ0n) is 11.3. The molecule has 0 spiro atoms. The summed E-state index contributed by atoms with van der Waals surface area (Å²) in [6.45, 7) is 3.65. The summed E-state index contributed by atoms with van der Waals surface area (Å²) in [5.41, 5.74) is 1.19. The van der Waals surface area contributed by atoms with Crippen LogP contribution in [0.15, 0.2) is 22.7 Å². The molecule has 0 saturated heterocycles. The first-order chi connectivity index (χ1) is 8.71. The molecule has 102 valence electrons. The maximum atomic E-state index is 5.60. The highest BCUT2D eigenvalue weighted by atomic mass is 79.9. The van der Waals surface area contributed by atoms with Gasteiger partial charge in [0.25, 0.3) is 0 Å². The van der Waals surface area contributed by atoms with E-state index in [9.17, 15) is 0 Å². The minimum absolute atomic E-state index is 0.305. The summed E-state index contributed by atoms with van der Waals surface area (Å²) in [4.78, 5) is 0. The predicted octanol–water partition coefficient (Wildman–Crippen LogP) is 3.01. The van der Waals surface area contributed by atoms with Crippen molar-refractivity contribution in [1.29, 1.82) is 0 Å². The molecule has 18 heavy (non-hydrogen) atoms. The largest absolute Gasteiger partial charge is 0.496 e. The zero-order chi connectivity index (χ0) is 13.4. The maximum Gasteiger partial charge on any atom is 0.122 e. The quantitative estimate of drug-likeness (QED) is 0.748. The first-order valence-electron chi connectivity index (χ1n) is 6.28. The molecule has 1 atom stereocenters. The van der Waals surface area contributed by atoms with Crippen molar-refractivity contribution in [1.82, 2.24) is 5.32 Å². The molecule has 1 aromatic carbocycles. The smallest absolute Gasteiger partial charge is 0.122 e. The Labute approximate surface area is 118 Å². The van der Waals surface area contributed by atoms with E-state index in [1.807, 2.05) is 19.2 Å². The molecule has 0 amide bonds. The second-order valence-corrected chi connectivity index (χ2v) is 5.14. The number of likely N-dealkylation sites (N-methyl/N-ethyl adjacent to an activating group) is 1. The molecule has 4 heteroatoms. The Balaban J connectivity index is 2.65. The maximum absolute atomic E-state index is 5.60. The number of ether oxygens (including phenoxy) is 2. The molecule has 0 aliphatic rings. The lowest BCUT2D eigenvalue weighted by atomic mass is 10.1.